The van der Waals surface area contributed by atoms with Crippen LogP contribution in [0, 0.1) is 6.92 Å². The summed E-state index contributed by atoms with van der Waals surface area (Å²) in [6.07, 6.45) is 0. The van der Waals surface area contributed by atoms with Gasteiger partial charge in [0, 0.05) is 31.6 Å². The van der Waals surface area contributed by atoms with Crippen molar-refractivity contribution in [2.75, 3.05) is 37.0 Å². The van der Waals surface area contributed by atoms with E-state index in [0.29, 0.717) is 6.54 Å². The van der Waals surface area contributed by atoms with E-state index in [2.05, 4.69) is 41.0 Å². The fourth-order valence-electron chi connectivity index (χ4n) is 1.87. The Bertz CT molecular complexity index is 393. The van der Waals surface area contributed by atoms with Gasteiger partial charge < -0.3 is 15.3 Å². The first-order valence-corrected chi connectivity index (χ1v) is 6.47. The highest BCUT2D eigenvalue weighted by molar-refractivity contribution is 5.58. The zero-order valence-electron chi connectivity index (χ0n) is 12.0. The maximum Gasteiger partial charge on any atom is 0.137 e. The zero-order chi connectivity index (χ0) is 13.7. The van der Waals surface area contributed by atoms with Crippen molar-refractivity contribution in [3.63, 3.8) is 0 Å². The van der Waals surface area contributed by atoms with E-state index in [1.54, 1.807) is 0 Å². The lowest BCUT2D eigenvalue weighted by atomic mass is 10.2. The molecule has 0 saturated carbocycles. The van der Waals surface area contributed by atoms with Crippen LogP contribution in [0.25, 0.3) is 0 Å². The lowest BCUT2D eigenvalue weighted by Crippen LogP contribution is -2.28. The van der Waals surface area contributed by atoms with Crippen molar-refractivity contribution < 1.29 is 5.11 Å². The molecule has 1 heterocycles. The van der Waals surface area contributed by atoms with Crippen LogP contribution in [-0.4, -0.2) is 41.8 Å². The molecule has 0 spiro atoms. The lowest BCUT2D eigenvalue weighted by Gasteiger charge is -2.24. The molecule has 0 saturated heterocycles. The van der Waals surface area contributed by atoms with E-state index in [0.717, 1.165) is 29.6 Å². The second-order valence-electron chi connectivity index (χ2n) is 4.59. The minimum Gasteiger partial charge on any atom is -0.395 e. The van der Waals surface area contributed by atoms with E-state index in [1.165, 1.54) is 0 Å². The van der Waals surface area contributed by atoms with Crippen LogP contribution >= 0.6 is 0 Å². The molecule has 5 heteroatoms. The molecule has 18 heavy (non-hydrogen) atoms. The van der Waals surface area contributed by atoms with Gasteiger partial charge in [0.2, 0.25) is 0 Å². The minimum absolute atomic E-state index is 0.128. The quantitative estimate of drug-likeness (QED) is 0.808. The Balaban J connectivity index is 3.26. The number of aliphatic hydroxyl groups is 1. The van der Waals surface area contributed by atoms with Crippen molar-refractivity contribution in [2.45, 2.75) is 33.6 Å². The number of anilines is 2. The monoisotopic (exact) mass is 252 g/mol. The molecule has 0 aliphatic carbocycles. The van der Waals surface area contributed by atoms with Crippen LogP contribution < -0.4 is 10.2 Å². The number of hydrogen-bond acceptors (Lipinski definition) is 5. The standard InChI is InChI=1S/C13H24N4O/c1-6-17(7-8-18)13-10(4)12(14-5)15-11(16-13)9(2)3/h9,18H,6-8H2,1-5H3,(H,14,15,16). The minimum atomic E-state index is 0.128. The van der Waals surface area contributed by atoms with Gasteiger partial charge in [0.05, 0.1) is 6.61 Å². The number of nitrogens with one attached hydrogen (secondary N) is 1. The van der Waals surface area contributed by atoms with Gasteiger partial charge in [0.15, 0.2) is 0 Å². The third kappa shape index (κ3) is 3.10. The Hall–Kier alpha value is -1.36. The van der Waals surface area contributed by atoms with E-state index in [4.69, 9.17) is 5.11 Å². The van der Waals surface area contributed by atoms with Crippen LogP contribution in [0.1, 0.15) is 38.1 Å². The first-order chi connectivity index (χ1) is 8.54. The van der Waals surface area contributed by atoms with E-state index in [9.17, 15) is 0 Å². The van der Waals surface area contributed by atoms with Crippen LogP contribution in [0.15, 0.2) is 0 Å². The molecule has 5 nitrogen and oxygen atoms in total. The van der Waals surface area contributed by atoms with Gasteiger partial charge in [0.1, 0.15) is 17.5 Å². The molecule has 0 aliphatic heterocycles. The molecule has 0 unspecified atom stereocenters. The Morgan fingerprint density at radius 1 is 1.33 bits per heavy atom. The molecule has 1 aromatic heterocycles. The first kappa shape index (κ1) is 14.7. The maximum absolute atomic E-state index is 9.12. The second-order valence-corrected chi connectivity index (χ2v) is 4.59. The smallest absolute Gasteiger partial charge is 0.137 e. The Morgan fingerprint density at radius 2 is 2.00 bits per heavy atom. The topological polar surface area (TPSA) is 61.3 Å². The molecule has 0 aliphatic rings. The van der Waals surface area contributed by atoms with E-state index in [1.807, 2.05) is 14.0 Å². The zero-order valence-corrected chi connectivity index (χ0v) is 12.0. The summed E-state index contributed by atoms with van der Waals surface area (Å²) in [6.45, 7) is 9.76. The fourth-order valence-corrected chi connectivity index (χ4v) is 1.87. The van der Waals surface area contributed by atoms with E-state index < -0.39 is 0 Å². The summed E-state index contributed by atoms with van der Waals surface area (Å²) in [7, 11) is 1.87. The average Bonchev–Trinajstić information content (AvgIpc) is 2.36. The molecule has 0 bridgehead atoms. The van der Waals surface area contributed by atoms with Gasteiger partial charge in [-0.1, -0.05) is 13.8 Å². The summed E-state index contributed by atoms with van der Waals surface area (Å²) in [5, 5.41) is 12.2. The summed E-state index contributed by atoms with van der Waals surface area (Å²) < 4.78 is 0. The SMILES string of the molecule is CCN(CCO)c1nc(C(C)C)nc(NC)c1C. The normalized spacial score (nSPS) is 10.8. The summed E-state index contributed by atoms with van der Waals surface area (Å²) in [6, 6.07) is 0. The number of hydrogen-bond donors (Lipinski definition) is 2. The van der Waals surface area contributed by atoms with Gasteiger partial charge >= 0.3 is 0 Å². The molecule has 0 amide bonds. The molecule has 102 valence electrons. The molecule has 0 fully saturated rings. The fraction of sp³-hybridized carbons (Fsp3) is 0.692. The third-order valence-corrected chi connectivity index (χ3v) is 2.94. The van der Waals surface area contributed by atoms with Crippen LogP contribution in [-0.2, 0) is 0 Å². The maximum atomic E-state index is 9.12. The van der Waals surface area contributed by atoms with Crippen LogP contribution in [0.5, 0.6) is 0 Å². The second kappa shape index (κ2) is 6.54. The van der Waals surface area contributed by atoms with Crippen molar-refractivity contribution in [2.24, 2.45) is 0 Å². The summed E-state index contributed by atoms with van der Waals surface area (Å²) in [5.74, 6) is 2.88. The first-order valence-electron chi connectivity index (χ1n) is 6.47. The van der Waals surface area contributed by atoms with Gasteiger partial charge in [-0.15, -0.1) is 0 Å². The highest BCUT2D eigenvalue weighted by atomic mass is 16.3. The molecule has 0 radical (unpaired) electrons. The summed E-state index contributed by atoms with van der Waals surface area (Å²) in [5.41, 5.74) is 1.03. The van der Waals surface area contributed by atoms with Crippen LogP contribution in [0.3, 0.4) is 0 Å². The molecule has 1 rings (SSSR count). The molecule has 2 N–H and O–H groups in total. The number of aliphatic hydroxyl groups excluding tert-OH is 1. The average molecular weight is 252 g/mol. The van der Waals surface area contributed by atoms with E-state index >= 15 is 0 Å². The van der Waals surface area contributed by atoms with Gasteiger partial charge in [-0.25, -0.2) is 9.97 Å². The number of rotatable bonds is 6. The van der Waals surface area contributed by atoms with Gasteiger partial charge in [-0.2, -0.15) is 0 Å². The summed E-state index contributed by atoms with van der Waals surface area (Å²) in [4.78, 5) is 11.2. The van der Waals surface area contributed by atoms with Gasteiger partial charge in [-0.3, -0.25) is 0 Å². The van der Waals surface area contributed by atoms with Crippen LogP contribution in [0.2, 0.25) is 0 Å². The van der Waals surface area contributed by atoms with Crippen molar-refractivity contribution >= 4 is 11.6 Å². The largest absolute Gasteiger partial charge is 0.395 e. The predicted molar refractivity (Wildman–Crippen MR) is 75.4 cm³/mol. The molecule has 0 atom stereocenters. The highest BCUT2D eigenvalue weighted by Gasteiger charge is 2.16. The van der Waals surface area contributed by atoms with Crippen molar-refractivity contribution in [3.05, 3.63) is 11.4 Å². The van der Waals surface area contributed by atoms with Crippen molar-refractivity contribution in [1.82, 2.24) is 9.97 Å². The summed E-state index contributed by atoms with van der Waals surface area (Å²) >= 11 is 0. The van der Waals surface area contributed by atoms with Crippen molar-refractivity contribution in [1.29, 1.82) is 0 Å². The predicted octanol–water partition coefficient (Wildman–Crippen LogP) is 1.77. The van der Waals surface area contributed by atoms with Gasteiger partial charge in [0.25, 0.3) is 0 Å². The van der Waals surface area contributed by atoms with Crippen molar-refractivity contribution in [3.8, 4) is 0 Å². The Kier molecular flexibility index (Phi) is 5.34. The van der Waals surface area contributed by atoms with Crippen LogP contribution in [0.4, 0.5) is 11.6 Å². The lowest BCUT2D eigenvalue weighted by molar-refractivity contribution is 0.302. The molecule has 0 aromatic carbocycles. The Labute approximate surface area is 109 Å². The molecular formula is C13H24N4O. The third-order valence-electron chi connectivity index (χ3n) is 2.94. The molecular weight excluding hydrogens is 228 g/mol. The van der Waals surface area contributed by atoms with E-state index in [-0.39, 0.29) is 12.5 Å². The highest BCUT2D eigenvalue weighted by Crippen LogP contribution is 2.25. The number of nitrogens with zero attached hydrogens (tertiary/aromatic N) is 3. The Morgan fingerprint density at radius 3 is 2.44 bits per heavy atom. The number of likely N-dealkylation sites (N-methyl/N-ethyl adjacent to an activating group) is 1. The number of aromatic nitrogens is 2. The molecule has 1 aromatic rings. The van der Waals surface area contributed by atoms with Gasteiger partial charge in [-0.05, 0) is 13.8 Å².